The maximum absolute atomic E-state index is 12.4. The van der Waals surface area contributed by atoms with Crippen molar-refractivity contribution in [1.29, 1.82) is 0 Å². The number of aliphatic carboxylic acids is 1. The highest BCUT2D eigenvalue weighted by molar-refractivity contribution is 5.93. The van der Waals surface area contributed by atoms with Crippen LogP contribution in [0.5, 0.6) is 11.5 Å². The predicted octanol–water partition coefficient (Wildman–Crippen LogP) is 5.89. The number of hydrogen-bond acceptors (Lipinski definition) is 6. The minimum atomic E-state index is -4.17. The van der Waals surface area contributed by atoms with Gasteiger partial charge in [0.2, 0.25) is 0 Å². The van der Waals surface area contributed by atoms with Crippen LogP contribution < -0.4 is 20.9 Å². The zero-order chi connectivity index (χ0) is 27.7. The van der Waals surface area contributed by atoms with E-state index >= 15 is 0 Å². The van der Waals surface area contributed by atoms with Crippen LogP contribution in [0.1, 0.15) is 40.7 Å². The molecule has 200 valence electrons. The lowest BCUT2D eigenvalue weighted by Gasteiger charge is -2.09. The molecule has 0 saturated heterocycles. The fourth-order valence-electron chi connectivity index (χ4n) is 3.47. The average Bonchev–Trinajstić information content (AvgIpc) is 2.85. The van der Waals surface area contributed by atoms with Gasteiger partial charge in [0, 0.05) is 29.8 Å². The third-order valence-corrected chi connectivity index (χ3v) is 5.47. The first-order valence-electron chi connectivity index (χ1n) is 11.7. The van der Waals surface area contributed by atoms with Crippen molar-refractivity contribution in [2.24, 2.45) is 0 Å². The summed E-state index contributed by atoms with van der Waals surface area (Å²) in [5, 5.41) is 9.61. The molecule has 38 heavy (non-hydrogen) atoms. The van der Waals surface area contributed by atoms with E-state index in [1.165, 1.54) is 30.3 Å². The minimum absolute atomic E-state index is 0.0165. The van der Waals surface area contributed by atoms with Gasteiger partial charge in [-0.25, -0.2) is 9.59 Å². The quantitative estimate of drug-likeness (QED) is 0.0931. The molecule has 0 fully saturated rings. The molecule has 0 saturated carbocycles. The molecule has 5 N–H and O–H groups in total. The van der Waals surface area contributed by atoms with Crippen LogP contribution >= 0.6 is 0 Å². The Labute approximate surface area is 217 Å². The number of carbonyl (C=O) groups excluding carboxylic acids is 1. The SMILES string of the molecule is Nc1ccc(CC(=Cc2ccc(OC(=O)c3ccc(OCCCCC(F)(F)F)cc3)cc2)C(=O)O)c(N)c1. The zero-order valence-corrected chi connectivity index (χ0v) is 20.3. The van der Waals surface area contributed by atoms with Crippen molar-refractivity contribution in [3.63, 3.8) is 0 Å². The smallest absolute Gasteiger partial charge is 0.389 e. The monoisotopic (exact) mass is 528 g/mol. The standard InChI is InChI=1S/C28H27F3N2O5/c29-28(30,31)13-1-2-14-37-23-11-6-19(7-12-23)27(36)38-24-9-3-18(4-10-24)15-21(26(34)35)16-20-5-8-22(32)17-25(20)33/h3-12,15,17H,1-2,13-14,16,32-33H2,(H,34,35). The fraction of sp³-hybridized carbons (Fsp3) is 0.214. The zero-order valence-electron chi connectivity index (χ0n) is 20.3. The van der Waals surface area contributed by atoms with Gasteiger partial charge in [-0.15, -0.1) is 0 Å². The van der Waals surface area contributed by atoms with Crippen LogP contribution in [-0.4, -0.2) is 29.8 Å². The number of carboxylic acid groups (broad SMARTS) is 1. The molecule has 7 nitrogen and oxygen atoms in total. The average molecular weight is 529 g/mol. The van der Waals surface area contributed by atoms with Gasteiger partial charge in [-0.3, -0.25) is 0 Å². The van der Waals surface area contributed by atoms with Gasteiger partial charge in [-0.1, -0.05) is 18.2 Å². The first kappa shape index (κ1) is 28.1. The van der Waals surface area contributed by atoms with Gasteiger partial charge in [0.15, 0.2) is 0 Å². The summed E-state index contributed by atoms with van der Waals surface area (Å²) in [6.45, 7) is 0.137. The van der Waals surface area contributed by atoms with Crippen LogP contribution in [0.2, 0.25) is 0 Å². The molecule has 0 unspecified atom stereocenters. The molecule has 0 atom stereocenters. The maximum Gasteiger partial charge on any atom is 0.389 e. The molecule has 10 heteroatoms. The third-order valence-electron chi connectivity index (χ3n) is 5.47. The summed E-state index contributed by atoms with van der Waals surface area (Å²) in [6, 6.07) is 17.3. The third kappa shape index (κ3) is 8.88. The topological polar surface area (TPSA) is 125 Å². The molecule has 0 aliphatic rings. The van der Waals surface area contributed by atoms with E-state index in [9.17, 15) is 27.9 Å². The summed E-state index contributed by atoms with van der Waals surface area (Å²) in [5.41, 5.74) is 14.1. The van der Waals surface area contributed by atoms with Crippen LogP contribution in [0.3, 0.4) is 0 Å². The molecule has 0 heterocycles. The van der Waals surface area contributed by atoms with Crippen molar-refractivity contribution < 1.29 is 37.3 Å². The van der Waals surface area contributed by atoms with Gasteiger partial charge in [0.1, 0.15) is 11.5 Å². The molecule has 0 bridgehead atoms. The number of esters is 1. The number of rotatable bonds is 11. The van der Waals surface area contributed by atoms with Gasteiger partial charge in [0.05, 0.1) is 12.2 Å². The number of carbonyl (C=O) groups is 2. The molecule has 3 aromatic carbocycles. The Balaban J connectivity index is 1.56. The summed E-state index contributed by atoms with van der Waals surface area (Å²) >= 11 is 0. The van der Waals surface area contributed by atoms with Gasteiger partial charge >= 0.3 is 18.1 Å². The number of nitrogen functional groups attached to an aromatic ring is 2. The van der Waals surface area contributed by atoms with E-state index in [0.29, 0.717) is 28.3 Å². The molecule has 0 amide bonds. The lowest BCUT2D eigenvalue weighted by atomic mass is 10.0. The number of alkyl halides is 3. The van der Waals surface area contributed by atoms with Gasteiger partial charge in [-0.05, 0) is 78.6 Å². The second kappa shape index (κ2) is 12.7. The number of anilines is 2. The first-order chi connectivity index (χ1) is 18.0. The number of hydrogen-bond donors (Lipinski definition) is 3. The van der Waals surface area contributed by atoms with E-state index in [1.807, 2.05) is 0 Å². The Morgan fingerprint density at radius 1 is 0.895 bits per heavy atom. The molecule has 3 aromatic rings. The molecule has 0 spiro atoms. The van der Waals surface area contributed by atoms with Crippen molar-refractivity contribution in [2.75, 3.05) is 18.1 Å². The van der Waals surface area contributed by atoms with Gasteiger partial charge in [0.25, 0.3) is 0 Å². The summed E-state index contributed by atoms with van der Waals surface area (Å²) in [7, 11) is 0. The second-order valence-electron chi connectivity index (χ2n) is 8.51. The van der Waals surface area contributed by atoms with E-state index < -0.39 is 24.5 Å². The van der Waals surface area contributed by atoms with E-state index in [2.05, 4.69) is 0 Å². The molecular weight excluding hydrogens is 501 g/mol. The van der Waals surface area contributed by atoms with E-state index in [1.54, 1.807) is 42.5 Å². The Hall–Kier alpha value is -4.47. The van der Waals surface area contributed by atoms with E-state index in [-0.39, 0.29) is 42.8 Å². The summed E-state index contributed by atoms with van der Waals surface area (Å²) in [5.74, 6) is -1.02. The van der Waals surface area contributed by atoms with Crippen LogP contribution in [0.15, 0.2) is 72.3 Å². The molecule has 3 rings (SSSR count). The highest BCUT2D eigenvalue weighted by Gasteiger charge is 2.25. The highest BCUT2D eigenvalue weighted by Crippen LogP contribution is 2.24. The normalized spacial score (nSPS) is 11.7. The minimum Gasteiger partial charge on any atom is -0.494 e. The van der Waals surface area contributed by atoms with Crippen LogP contribution in [0, 0.1) is 0 Å². The van der Waals surface area contributed by atoms with Crippen LogP contribution in [0.4, 0.5) is 24.5 Å². The van der Waals surface area contributed by atoms with Gasteiger partial charge in [-0.2, -0.15) is 13.2 Å². The number of benzene rings is 3. The molecule has 0 radical (unpaired) electrons. The largest absolute Gasteiger partial charge is 0.494 e. The maximum atomic E-state index is 12.4. The van der Waals surface area contributed by atoms with Gasteiger partial charge < -0.3 is 26.0 Å². The van der Waals surface area contributed by atoms with Crippen LogP contribution in [-0.2, 0) is 11.2 Å². The Kier molecular flexibility index (Phi) is 9.37. The number of nitrogens with two attached hydrogens (primary N) is 2. The summed E-state index contributed by atoms with van der Waals surface area (Å²) in [6.07, 6.45) is -3.17. The summed E-state index contributed by atoms with van der Waals surface area (Å²) < 4.78 is 47.3. The number of carboxylic acids is 1. The van der Waals surface area contributed by atoms with Crippen molar-refractivity contribution in [3.8, 4) is 11.5 Å². The van der Waals surface area contributed by atoms with Crippen molar-refractivity contribution in [3.05, 3.63) is 89.0 Å². The number of halogens is 3. The number of ether oxygens (including phenoxy) is 2. The Bertz CT molecular complexity index is 1290. The predicted molar refractivity (Wildman–Crippen MR) is 138 cm³/mol. The van der Waals surface area contributed by atoms with Crippen molar-refractivity contribution >= 4 is 29.4 Å². The lowest BCUT2D eigenvalue weighted by Crippen LogP contribution is -2.09. The lowest BCUT2D eigenvalue weighted by molar-refractivity contribution is -0.136. The first-order valence-corrected chi connectivity index (χ1v) is 11.7. The van der Waals surface area contributed by atoms with Crippen molar-refractivity contribution in [2.45, 2.75) is 31.9 Å². The molecule has 0 aliphatic heterocycles. The second-order valence-corrected chi connectivity index (χ2v) is 8.51. The van der Waals surface area contributed by atoms with E-state index in [4.69, 9.17) is 20.9 Å². The van der Waals surface area contributed by atoms with Crippen molar-refractivity contribution in [1.82, 2.24) is 0 Å². The van der Waals surface area contributed by atoms with Crippen LogP contribution in [0.25, 0.3) is 6.08 Å². The fourth-order valence-corrected chi connectivity index (χ4v) is 3.47. The molecular formula is C28H27F3N2O5. The Morgan fingerprint density at radius 2 is 1.55 bits per heavy atom. The van der Waals surface area contributed by atoms with E-state index in [0.717, 1.165) is 0 Å². The molecule has 0 aromatic heterocycles. The summed E-state index contributed by atoms with van der Waals surface area (Å²) in [4.78, 5) is 24.2. The Morgan fingerprint density at radius 3 is 2.16 bits per heavy atom. The highest BCUT2D eigenvalue weighted by atomic mass is 19.4. The number of unbranched alkanes of at least 4 members (excludes halogenated alkanes) is 1. The molecule has 0 aliphatic carbocycles.